The summed E-state index contributed by atoms with van der Waals surface area (Å²) in [6.07, 6.45) is 2.44. The van der Waals surface area contributed by atoms with Crippen LogP contribution in [0.2, 0.25) is 5.02 Å². The third-order valence-corrected chi connectivity index (χ3v) is 4.38. The van der Waals surface area contributed by atoms with Crippen LogP contribution in [0.1, 0.15) is 20.3 Å². The van der Waals surface area contributed by atoms with Gasteiger partial charge in [0, 0.05) is 30.1 Å². The van der Waals surface area contributed by atoms with Crippen LogP contribution in [0.25, 0.3) is 10.8 Å². The Morgan fingerprint density at radius 3 is 2.68 bits per heavy atom. The zero-order valence-electron chi connectivity index (χ0n) is 12.8. The molecule has 1 fully saturated rings. The highest BCUT2D eigenvalue weighted by Crippen LogP contribution is 2.31. The number of carbonyl (C=O) groups excluding carboxylic acids is 1. The molecule has 0 aliphatic carbocycles. The number of carbonyl (C=O) groups is 1. The van der Waals surface area contributed by atoms with Crippen molar-refractivity contribution in [3.8, 4) is 5.88 Å². The first-order valence-electron chi connectivity index (χ1n) is 7.54. The monoisotopic (exact) mass is 318 g/mol. The van der Waals surface area contributed by atoms with Crippen LogP contribution in [-0.4, -0.2) is 29.1 Å². The summed E-state index contributed by atoms with van der Waals surface area (Å²) < 4.78 is 5.43. The Labute approximate surface area is 135 Å². The number of piperidine rings is 1. The first-order chi connectivity index (χ1) is 10.5. The lowest BCUT2D eigenvalue weighted by atomic mass is 9.92. The van der Waals surface area contributed by atoms with E-state index in [1.807, 2.05) is 24.3 Å². The lowest BCUT2D eigenvalue weighted by molar-refractivity contribution is 0.111. The summed E-state index contributed by atoms with van der Waals surface area (Å²) in [5.41, 5.74) is 0. The molecule has 1 saturated heterocycles. The van der Waals surface area contributed by atoms with Crippen molar-refractivity contribution in [3.05, 3.63) is 35.5 Å². The van der Waals surface area contributed by atoms with Crippen molar-refractivity contribution in [1.82, 2.24) is 9.88 Å². The number of pyridine rings is 1. The molecule has 2 aromatic rings. The first-order valence-corrected chi connectivity index (χ1v) is 7.92. The maximum absolute atomic E-state index is 12.4. The van der Waals surface area contributed by atoms with E-state index in [0.717, 1.165) is 17.2 Å². The Bertz CT molecular complexity index is 694. The number of likely N-dealkylation sites (tertiary alicyclic amines) is 1. The minimum Gasteiger partial charge on any atom is -0.389 e. The second-order valence-electron chi connectivity index (χ2n) is 6.18. The number of fused-ring (bicyclic) bond motifs is 1. The topological polar surface area (TPSA) is 42.4 Å². The predicted octanol–water partition coefficient (Wildman–Crippen LogP) is 4.36. The Morgan fingerprint density at radius 1 is 1.27 bits per heavy atom. The quantitative estimate of drug-likeness (QED) is 0.784. The van der Waals surface area contributed by atoms with Gasteiger partial charge in [-0.25, -0.2) is 9.78 Å². The smallest absolute Gasteiger partial charge is 0.389 e. The normalized spacial score (nSPS) is 21.9. The van der Waals surface area contributed by atoms with Crippen LogP contribution in [0.15, 0.2) is 30.5 Å². The van der Waals surface area contributed by atoms with Gasteiger partial charge in [-0.05, 0) is 18.3 Å². The van der Waals surface area contributed by atoms with Gasteiger partial charge in [0.1, 0.15) is 5.02 Å². The fourth-order valence-electron chi connectivity index (χ4n) is 3.14. The Kier molecular flexibility index (Phi) is 4.21. The van der Waals surface area contributed by atoms with E-state index in [-0.39, 0.29) is 12.0 Å². The summed E-state index contributed by atoms with van der Waals surface area (Å²) in [6, 6.07) is 7.63. The SMILES string of the molecule is CC1CC(C)CN(C(=O)Oc2ncc3ccccc3c2Cl)C1. The molecule has 0 saturated carbocycles. The molecule has 3 rings (SSSR count). The van der Waals surface area contributed by atoms with Crippen LogP contribution in [0, 0.1) is 11.8 Å². The zero-order chi connectivity index (χ0) is 15.7. The molecule has 1 aliphatic heterocycles. The van der Waals surface area contributed by atoms with Crippen LogP contribution in [0.5, 0.6) is 5.88 Å². The van der Waals surface area contributed by atoms with Crippen molar-refractivity contribution in [1.29, 1.82) is 0 Å². The van der Waals surface area contributed by atoms with Crippen molar-refractivity contribution in [2.45, 2.75) is 20.3 Å². The van der Waals surface area contributed by atoms with Gasteiger partial charge in [-0.3, -0.25) is 0 Å². The van der Waals surface area contributed by atoms with Gasteiger partial charge in [0.2, 0.25) is 5.88 Å². The minimum atomic E-state index is -0.372. The van der Waals surface area contributed by atoms with Gasteiger partial charge >= 0.3 is 6.09 Å². The second-order valence-corrected chi connectivity index (χ2v) is 6.56. The number of rotatable bonds is 1. The number of amides is 1. The van der Waals surface area contributed by atoms with Gasteiger partial charge in [-0.1, -0.05) is 49.7 Å². The minimum absolute atomic E-state index is 0.177. The molecule has 0 radical (unpaired) electrons. The molecule has 1 aliphatic rings. The molecular formula is C17H19ClN2O2. The fourth-order valence-corrected chi connectivity index (χ4v) is 3.40. The van der Waals surface area contributed by atoms with Gasteiger partial charge in [0.05, 0.1) is 0 Å². The largest absolute Gasteiger partial charge is 0.416 e. The number of ether oxygens (including phenoxy) is 1. The van der Waals surface area contributed by atoms with E-state index >= 15 is 0 Å². The molecule has 2 heterocycles. The molecule has 0 bridgehead atoms. The molecule has 4 nitrogen and oxygen atoms in total. The van der Waals surface area contributed by atoms with Gasteiger partial charge in [0.15, 0.2) is 0 Å². The van der Waals surface area contributed by atoms with Gasteiger partial charge < -0.3 is 9.64 Å². The number of benzene rings is 1. The number of hydrogen-bond acceptors (Lipinski definition) is 3. The third kappa shape index (κ3) is 3.02. The molecule has 22 heavy (non-hydrogen) atoms. The van der Waals surface area contributed by atoms with Crippen LogP contribution in [0.4, 0.5) is 4.79 Å². The number of hydrogen-bond donors (Lipinski definition) is 0. The van der Waals surface area contributed by atoms with Crippen molar-refractivity contribution in [2.24, 2.45) is 11.8 Å². The van der Waals surface area contributed by atoms with E-state index in [1.54, 1.807) is 11.1 Å². The van der Waals surface area contributed by atoms with Crippen molar-refractivity contribution in [2.75, 3.05) is 13.1 Å². The Morgan fingerprint density at radius 2 is 1.95 bits per heavy atom. The molecule has 0 spiro atoms. The highest BCUT2D eigenvalue weighted by molar-refractivity contribution is 6.36. The zero-order valence-corrected chi connectivity index (χ0v) is 13.5. The molecule has 1 aromatic carbocycles. The van der Waals surface area contributed by atoms with Gasteiger partial charge in [0.25, 0.3) is 0 Å². The van der Waals surface area contributed by atoms with Crippen molar-refractivity contribution < 1.29 is 9.53 Å². The fraction of sp³-hybridized carbons (Fsp3) is 0.412. The molecule has 1 amide bonds. The van der Waals surface area contributed by atoms with Crippen LogP contribution >= 0.6 is 11.6 Å². The average Bonchev–Trinajstić information content (AvgIpc) is 2.49. The molecule has 1 aromatic heterocycles. The molecular weight excluding hydrogens is 300 g/mol. The molecule has 0 N–H and O–H groups in total. The average molecular weight is 319 g/mol. The van der Waals surface area contributed by atoms with E-state index in [1.165, 1.54) is 0 Å². The summed E-state index contributed by atoms with van der Waals surface area (Å²) in [5, 5.41) is 2.14. The highest BCUT2D eigenvalue weighted by Gasteiger charge is 2.27. The van der Waals surface area contributed by atoms with E-state index in [4.69, 9.17) is 16.3 Å². The van der Waals surface area contributed by atoms with Crippen LogP contribution < -0.4 is 4.74 Å². The first kappa shape index (κ1) is 15.1. The van der Waals surface area contributed by atoms with Crippen LogP contribution in [0.3, 0.4) is 0 Å². The maximum atomic E-state index is 12.4. The van der Waals surface area contributed by atoms with Crippen molar-refractivity contribution in [3.63, 3.8) is 0 Å². The Balaban J connectivity index is 1.81. The predicted molar refractivity (Wildman–Crippen MR) is 87.3 cm³/mol. The van der Waals surface area contributed by atoms with Crippen LogP contribution in [-0.2, 0) is 0 Å². The molecule has 2 unspecified atom stereocenters. The summed E-state index contributed by atoms with van der Waals surface area (Å²) in [5.74, 6) is 1.14. The summed E-state index contributed by atoms with van der Waals surface area (Å²) >= 11 is 6.32. The number of aromatic nitrogens is 1. The van der Waals surface area contributed by atoms with E-state index in [9.17, 15) is 4.79 Å². The van der Waals surface area contributed by atoms with Crippen molar-refractivity contribution >= 4 is 28.5 Å². The van der Waals surface area contributed by atoms with E-state index < -0.39 is 0 Å². The summed E-state index contributed by atoms with van der Waals surface area (Å²) in [6.45, 7) is 5.73. The third-order valence-electron chi connectivity index (χ3n) is 4.02. The standard InChI is InChI=1S/C17H19ClN2O2/c1-11-7-12(2)10-20(9-11)17(21)22-16-15(18)14-6-4-3-5-13(14)8-19-16/h3-6,8,11-12H,7,9-10H2,1-2H3. The molecule has 5 heteroatoms. The lowest BCUT2D eigenvalue weighted by Gasteiger charge is -2.33. The lowest BCUT2D eigenvalue weighted by Crippen LogP contribution is -2.44. The highest BCUT2D eigenvalue weighted by atomic mass is 35.5. The van der Waals surface area contributed by atoms with E-state index in [2.05, 4.69) is 18.8 Å². The van der Waals surface area contributed by atoms with Gasteiger partial charge in [-0.15, -0.1) is 0 Å². The van der Waals surface area contributed by atoms with Gasteiger partial charge in [-0.2, -0.15) is 0 Å². The molecule has 2 atom stereocenters. The number of halogens is 1. The second kappa shape index (κ2) is 6.13. The maximum Gasteiger partial charge on any atom is 0.416 e. The molecule has 116 valence electrons. The summed E-state index contributed by atoms with van der Waals surface area (Å²) in [4.78, 5) is 18.3. The van der Waals surface area contributed by atoms with E-state index in [0.29, 0.717) is 29.9 Å². The summed E-state index contributed by atoms with van der Waals surface area (Å²) in [7, 11) is 0. The Hall–Kier alpha value is -1.81. The number of nitrogens with zero attached hydrogens (tertiary/aromatic N) is 2.